The topological polar surface area (TPSA) is 0 Å². The molecule has 0 saturated heterocycles. The smallest absolute Gasteiger partial charge is 0.147 e. The Morgan fingerprint density at radius 1 is 1.44 bits per heavy atom. The van der Waals surface area contributed by atoms with Crippen LogP contribution in [0.15, 0.2) is 21.1 Å². The van der Waals surface area contributed by atoms with Crippen LogP contribution in [0, 0.1) is 0 Å². The van der Waals surface area contributed by atoms with Crippen LogP contribution < -0.4 is 0 Å². The first-order valence-electron chi connectivity index (χ1n) is 2.38. The third kappa shape index (κ3) is 4.35. The van der Waals surface area contributed by atoms with Gasteiger partial charge in [-0.2, -0.15) is 0 Å². The maximum Gasteiger partial charge on any atom is -0.147 e. The zero-order chi connectivity index (χ0) is 5.28. The van der Waals surface area contributed by atoms with E-state index >= 15 is 0 Å². The van der Waals surface area contributed by atoms with E-state index in [0.29, 0.717) is 0 Å². The Hall–Kier alpha value is 0.930. The average molecular weight is 331 g/mol. The maximum absolute atomic E-state index is 2.28. The molecule has 0 atom stereocenters. The minimum Gasteiger partial charge on any atom is -0.147 e. The number of allylic oxidation sites excluding steroid dienone is 4. The van der Waals surface area contributed by atoms with Crippen molar-refractivity contribution in [3.8, 4) is 0 Å². The summed E-state index contributed by atoms with van der Waals surface area (Å²) >= 11 is 1.25. The van der Waals surface area contributed by atoms with Gasteiger partial charge in [0.15, 0.2) is 0 Å². The van der Waals surface area contributed by atoms with Gasteiger partial charge in [-0.25, -0.2) is 0 Å². The predicted octanol–water partition coefficient (Wildman–Crippen LogP) is 2.61. The van der Waals surface area contributed by atoms with Gasteiger partial charge in [0.2, 0.25) is 0 Å². The van der Waals surface area contributed by atoms with Crippen LogP contribution in [0.5, 0.6) is 0 Å². The summed E-state index contributed by atoms with van der Waals surface area (Å²) in [6.07, 6.45) is 5.80. The van der Waals surface area contributed by atoms with Gasteiger partial charge < -0.3 is 0 Å². The molecule has 1 rings (SSSR count). The van der Waals surface area contributed by atoms with E-state index in [1.165, 1.54) is 36.4 Å². The van der Waals surface area contributed by atoms with Gasteiger partial charge in [-0.1, -0.05) is 0 Å². The van der Waals surface area contributed by atoms with Gasteiger partial charge in [-0.3, -0.25) is 0 Å². The van der Waals surface area contributed by atoms with Crippen molar-refractivity contribution >= 4 is 24.8 Å². The van der Waals surface area contributed by atoms with E-state index in [9.17, 15) is 0 Å². The Balaban J connectivity index is 0. The molecule has 0 aromatic rings. The fourth-order valence-corrected chi connectivity index (χ4v) is 1.85. The van der Waals surface area contributed by atoms with Crippen molar-refractivity contribution in [3.05, 3.63) is 21.1 Å². The van der Waals surface area contributed by atoms with Gasteiger partial charge in [0.1, 0.15) is 0 Å². The standard InChI is InChI=1S/C6H7.2ClH.Hf/c1-6-4-2-3-5-6;;;/h4-5H,2H2,1H3;2*1H;. The van der Waals surface area contributed by atoms with Crippen molar-refractivity contribution in [2.75, 3.05) is 0 Å². The summed E-state index contributed by atoms with van der Waals surface area (Å²) < 4.78 is 1.62. The molecule has 0 bridgehead atoms. The first-order chi connectivity index (χ1) is 3.29. The summed E-state index contributed by atoms with van der Waals surface area (Å²) in [6.45, 7) is 2.16. The summed E-state index contributed by atoms with van der Waals surface area (Å²) in [7, 11) is 0. The van der Waals surface area contributed by atoms with Gasteiger partial charge in [0.05, 0.1) is 0 Å². The third-order valence-electron chi connectivity index (χ3n) is 1.05. The summed E-state index contributed by atoms with van der Waals surface area (Å²) in [4.78, 5) is 0. The van der Waals surface area contributed by atoms with Crippen LogP contribution >= 0.6 is 24.8 Å². The molecular formula is C6H9Cl2Hf. The van der Waals surface area contributed by atoms with Crippen LogP contribution in [-0.2, 0) is 24.4 Å². The van der Waals surface area contributed by atoms with Gasteiger partial charge in [-0.05, 0) is 0 Å². The predicted molar refractivity (Wildman–Crippen MR) is 41.0 cm³/mol. The molecule has 3 heteroatoms. The quantitative estimate of drug-likeness (QED) is 0.599. The molecule has 9 heavy (non-hydrogen) atoms. The zero-order valence-electron chi connectivity index (χ0n) is 5.18. The van der Waals surface area contributed by atoms with E-state index < -0.39 is 0 Å². The first kappa shape index (κ1) is 12.6. The van der Waals surface area contributed by atoms with E-state index in [0.717, 1.165) is 0 Å². The molecule has 51 valence electrons. The van der Waals surface area contributed by atoms with E-state index in [1.807, 2.05) is 0 Å². The maximum atomic E-state index is 2.28. The fraction of sp³-hybridized carbons (Fsp3) is 0.333. The van der Waals surface area contributed by atoms with Gasteiger partial charge in [0, 0.05) is 0 Å². The fourth-order valence-electron chi connectivity index (χ4n) is 0.664. The molecule has 0 radical (unpaired) electrons. The molecule has 0 spiro atoms. The van der Waals surface area contributed by atoms with Crippen molar-refractivity contribution in [1.82, 2.24) is 0 Å². The second-order valence-electron chi connectivity index (χ2n) is 1.82. The molecule has 1 aliphatic rings. The summed E-state index contributed by atoms with van der Waals surface area (Å²) in [5.41, 5.74) is 1.45. The molecule has 0 saturated carbocycles. The average Bonchev–Trinajstić information content (AvgIpc) is 1.87. The van der Waals surface area contributed by atoms with Crippen LogP contribution in [0.3, 0.4) is 0 Å². The van der Waals surface area contributed by atoms with Crippen molar-refractivity contribution < 1.29 is 24.4 Å². The van der Waals surface area contributed by atoms with Crippen LogP contribution in [0.1, 0.15) is 13.3 Å². The molecule has 0 aromatic carbocycles. The number of hydrogen-bond acceptors (Lipinski definition) is 0. The minimum absolute atomic E-state index is 0. The third-order valence-corrected chi connectivity index (χ3v) is 2.30. The Morgan fingerprint density at radius 2 is 2.00 bits per heavy atom. The largest absolute Gasteiger partial charge is 0.147 e. The SMILES string of the molecule is CC1=CC[C]([Hf])=C1.Cl.Cl. The van der Waals surface area contributed by atoms with E-state index in [2.05, 4.69) is 19.1 Å². The van der Waals surface area contributed by atoms with E-state index in [1.54, 1.807) is 3.33 Å². The van der Waals surface area contributed by atoms with Crippen molar-refractivity contribution in [1.29, 1.82) is 0 Å². The molecule has 1 aliphatic carbocycles. The van der Waals surface area contributed by atoms with Gasteiger partial charge >= 0.3 is 58.8 Å². The first-order valence-corrected chi connectivity index (χ1v) is 4.17. The Labute approximate surface area is 83.2 Å². The van der Waals surface area contributed by atoms with Crippen LogP contribution in [-0.4, -0.2) is 0 Å². The number of hydrogen-bond donors (Lipinski definition) is 0. The molecule has 0 N–H and O–H groups in total. The second-order valence-corrected chi connectivity index (χ2v) is 4.13. The molecule has 0 fully saturated rings. The normalized spacial score (nSPS) is 14.7. The molecule has 0 unspecified atom stereocenters. The second kappa shape index (κ2) is 5.70. The van der Waals surface area contributed by atoms with Crippen LogP contribution in [0.4, 0.5) is 0 Å². The van der Waals surface area contributed by atoms with Crippen LogP contribution in [0.2, 0.25) is 0 Å². The molecular weight excluding hydrogens is 321 g/mol. The Morgan fingerprint density at radius 3 is 2.11 bits per heavy atom. The monoisotopic (exact) mass is 331 g/mol. The summed E-state index contributed by atoms with van der Waals surface area (Å²) in [5, 5.41) is 0. The van der Waals surface area contributed by atoms with Gasteiger partial charge in [-0.15, -0.1) is 24.8 Å². The van der Waals surface area contributed by atoms with Crippen molar-refractivity contribution in [3.63, 3.8) is 0 Å². The number of halogens is 2. The molecule has 0 aliphatic heterocycles. The Bertz CT molecular complexity index is 138. The van der Waals surface area contributed by atoms with E-state index in [4.69, 9.17) is 0 Å². The van der Waals surface area contributed by atoms with E-state index in [-0.39, 0.29) is 24.8 Å². The zero-order valence-corrected chi connectivity index (χ0v) is 10.4. The van der Waals surface area contributed by atoms with Crippen molar-refractivity contribution in [2.24, 2.45) is 0 Å². The minimum atomic E-state index is 0. The molecule has 0 amide bonds. The van der Waals surface area contributed by atoms with Crippen LogP contribution in [0.25, 0.3) is 0 Å². The van der Waals surface area contributed by atoms with Crippen molar-refractivity contribution in [2.45, 2.75) is 13.3 Å². The summed E-state index contributed by atoms with van der Waals surface area (Å²) in [6, 6.07) is 0. The molecule has 0 aromatic heterocycles. The molecule has 0 heterocycles. The number of rotatable bonds is 0. The Kier molecular flexibility index (Phi) is 7.97. The molecule has 0 nitrogen and oxygen atoms in total. The van der Waals surface area contributed by atoms with Gasteiger partial charge in [0.25, 0.3) is 0 Å². The summed E-state index contributed by atoms with van der Waals surface area (Å²) in [5.74, 6) is 0.